The highest BCUT2D eigenvalue weighted by atomic mass is 16.2. The summed E-state index contributed by atoms with van der Waals surface area (Å²) in [5.41, 5.74) is 2.04. The number of likely N-dealkylation sites (tertiary alicyclic amines) is 1. The SMILES string of the molecule is CCn1cc(N2c3ccccc3CC2C(=O)N2CCC[C@H](C)C2)ncc1=O. The Labute approximate surface area is 159 Å². The molecule has 6 heteroatoms. The molecule has 2 atom stereocenters. The van der Waals surface area contributed by atoms with Gasteiger partial charge in [0.05, 0.1) is 12.4 Å². The minimum Gasteiger partial charge on any atom is -0.341 e. The Morgan fingerprint density at radius 2 is 2.11 bits per heavy atom. The monoisotopic (exact) mass is 366 g/mol. The zero-order valence-corrected chi connectivity index (χ0v) is 16.0. The van der Waals surface area contributed by atoms with Crippen LogP contribution in [0, 0.1) is 5.92 Å². The first-order valence-electron chi connectivity index (χ1n) is 9.81. The molecule has 2 aromatic rings. The molecule has 1 saturated heterocycles. The number of hydrogen-bond acceptors (Lipinski definition) is 4. The fraction of sp³-hybridized carbons (Fsp3) is 0.476. The van der Waals surface area contributed by atoms with Gasteiger partial charge >= 0.3 is 0 Å². The van der Waals surface area contributed by atoms with Crippen molar-refractivity contribution >= 4 is 17.4 Å². The normalized spacial score (nSPS) is 22.0. The average Bonchev–Trinajstić information content (AvgIpc) is 3.07. The highest BCUT2D eigenvalue weighted by Crippen LogP contribution is 2.38. The Balaban J connectivity index is 1.73. The molecule has 1 fully saturated rings. The van der Waals surface area contributed by atoms with Crippen LogP contribution in [-0.4, -0.2) is 39.5 Å². The maximum atomic E-state index is 13.4. The Hall–Kier alpha value is -2.63. The summed E-state index contributed by atoms with van der Waals surface area (Å²) in [7, 11) is 0. The van der Waals surface area contributed by atoms with Gasteiger partial charge in [-0.3, -0.25) is 9.59 Å². The van der Waals surface area contributed by atoms with Crippen molar-refractivity contribution < 1.29 is 4.79 Å². The van der Waals surface area contributed by atoms with Crippen LogP contribution in [0.5, 0.6) is 0 Å². The summed E-state index contributed by atoms with van der Waals surface area (Å²) >= 11 is 0. The van der Waals surface area contributed by atoms with E-state index in [-0.39, 0.29) is 17.5 Å². The second-order valence-corrected chi connectivity index (χ2v) is 7.62. The zero-order valence-electron chi connectivity index (χ0n) is 16.0. The van der Waals surface area contributed by atoms with E-state index in [1.807, 2.05) is 34.9 Å². The van der Waals surface area contributed by atoms with Crippen molar-refractivity contribution in [3.05, 3.63) is 52.6 Å². The van der Waals surface area contributed by atoms with E-state index < -0.39 is 0 Å². The van der Waals surface area contributed by atoms with Crippen LogP contribution < -0.4 is 10.5 Å². The van der Waals surface area contributed by atoms with Crippen molar-refractivity contribution in [3.63, 3.8) is 0 Å². The second kappa shape index (κ2) is 7.18. The quantitative estimate of drug-likeness (QED) is 0.838. The molecular formula is C21H26N4O2. The van der Waals surface area contributed by atoms with E-state index >= 15 is 0 Å². The lowest BCUT2D eigenvalue weighted by molar-refractivity contribution is -0.134. The summed E-state index contributed by atoms with van der Waals surface area (Å²) in [6.07, 6.45) is 6.04. The molecule has 0 bridgehead atoms. The molecule has 0 aliphatic carbocycles. The summed E-state index contributed by atoms with van der Waals surface area (Å²) in [5.74, 6) is 1.36. The number of benzene rings is 1. The minimum absolute atomic E-state index is 0.124. The molecule has 3 heterocycles. The number of para-hydroxylation sites is 1. The van der Waals surface area contributed by atoms with E-state index in [9.17, 15) is 9.59 Å². The minimum atomic E-state index is -0.303. The lowest BCUT2D eigenvalue weighted by Gasteiger charge is -2.35. The number of aromatic nitrogens is 2. The average molecular weight is 366 g/mol. The molecule has 142 valence electrons. The molecule has 1 aromatic carbocycles. The summed E-state index contributed by atoms with van der Waals surface area (Å²) in [6.45, 7) is 6.36. The van der Waals surface area contributed by atoms with Crippen LogP contribution in [0.2, 0.25) is 0 Å². The first-order valence-corrected chi connectivity index (χ1v) is 9.81. The zero-order chi connectivity index (χ0) is 19.0. The maximum absolute atomic E-state index is 13.4. The van der Waals surface area contributed by atoms with E-state index in [1.165, 1.54) is 12.6 Å². The second-order valence-electron chi connectivity index (χ2n) is 7.62. The fourth-order valence-corrected chi connectivity index (χ4v) is 4.27. The van der Waals surface area contributed by atoms with Crippen molar-refractivity contribution in [1.29, 1.82) is 0 Å². The molecule has 0 spiro atoms. The molecule has 27 heavy (non-hydrogen) atoms. The summed E-state index contributed by atoms with van der Waals surface area (Å²) < 4.78 is 1.63. The van der Waals surface area contributed by atoms with Gasteiger partial charge in [0, 0.05) is 31.7 Å². The van der Waals surface area contributed by atoms with Gasteiger partial charge < -0.3 is 14.4 Å². The lowest BCUT2D eigenvalue weighted by Crippen LogP contribution is -2.49. The van der Waals surface area contributed by atoms with E-state index in [4.69, 9.17) is 0 Å². The molecule has 4 rings (SSSR count). The molecule has 2 aliphatic heterocycles. The molecule has 2 aliphatic rings. The van der Waals surface area contributed by atoms with Crippen LogP contribution in [-0.2, 0) is 17.8 Å². The van der Waals surface area contributed by atoms with E-state index in [2.05, 4.69) is 18.0 Å². The first kappa shape index (κ1) is 17.8. The fourth-order valence-electron chi connectivity index (χ4n) is 4.27. The summed E-state index contributed by atoms with van der Waals surface area (Å²) in [4.78, 5) is 33.8. The summed E-state index contributed by atoms with van der Waals surface area (Å²) in [5, 5.41) is 0. The highest BCUT2D eigenvalue weighted by Gasteiger charge is 2.39. The molecule has 1 unspecified atom stereocenters. The Bertz CT molecular complexity index is 907. The topological polar surface area (TPSA) is 58.4 Å². The molecule has 0 radical (unpaired) electrons. The van der Waals surface area contributed by atoms with Gasteiger partial charge in [-0.2, -0.15) is 0 Å². The van der Waals surface area contributed by atoms with Gasteiger partial charge in [0.25, 0.3) is 5.56 Å². The van der Waals surface area contributed by atoms with Gasteiger partial charge in [-0.25, -0.2) is 4.98 Å². The van der Waals surface area contributed by atoms with E-state index in [0.717, 1.165) is 30.8 Å². The van der Waals surface area contributed by atoms with Crippen LogP contribution in [0.25, 0.3) is 0 Å². The smallest absolute Gasteiger partial charge is 0.269 e. The molecule has 0 N–H and O–H groups in total. The lowest BCUT2D eigenvalue weighted by atomic mass is 9.99. The largest absolute Gasteiger partial charge is 0.341 e. The van der Waals surface area contributed by atoms with Crippen molar-refractivity contribution in [2.75, 3.05) is 18.0 Å². The van der Waals surface area contributed by atoms with Crippen LogP contribution >= 0.6 is 0 Å². The standard InChI is InChI=1S/C21H26N4O2/c1-3-23-14-19(22-12-20(23)26)25-17-9-5-4-8-16(17)11-18(25)21(27)24-10-6-7-15(2)13-24/h4-5,8-9,12,14-15,18H,3,6-7,10-11,13H2,1-2H3/t15-,18?/m0/s1. The molecule has 0 saturated carbocycles. The van der Waals surface area contributed by atoms with Gasteiger partial charge in [-0.05, 0) is 37.3 Å². The number of rotatable bonds is 3. The number of aryl methyl sites for hydroxylation is 1. The third-order valence-electron chi connectivity index (χ3n) is 5.68. The molecule has 1 aromatic heterocycles. The number of hydrogen-bond donors (Lipinski definition) is 0. The van der Waals surface area contributed by atoms with Gasteiger partial charge in [-0.1, -0.05) is 25.1 Å². The number of nitrogens with zero attached hydrogens (tertiary/aromatic N) is 4. The Morgan fingerprint density at radius 3 is 2.89 bits per heavy atom. The third kappa shape index (κ3) is 3.24. The van der Waals surface area contributed by atoms with Crippen LogP contribution in [0.1, 0.15) is 32.3 Å². The van der Waals surface area contributed by atoms with Crippen LogP contribution in [0.15, 0.2) is 41.5 Å². The predicted molar refractivity (Wildman–Crippen MR) is 105 cm³/mol. The highest BCUT2D eigenvalue weighted by molar-refractivity contribution is 5.91. The van der Waals surface area contributed by atoms with Crippen LogP contribution in [0.4, 0.5) is 11.5 Å². The van der Waals surface area contributed by atoms with Crippen molar-refractivity contribution in [2.45, 2.75) is 45.7 Å². The predicted octanol–water partition coefficient (Wildman–Crippen LogP) is 2.58. The third-order valence-corrected chi connectivity index (χ3v) is 5.68. The van der Waals surface area contributed by atoms with Gasteiger partial charge in [0.15, 0.2) is 0 Å². The van der Waals surface area contributed by atoms with E-state index in [0.29, 0.717) is 24.7 Å². The first-order chi connectivity index (χ1) is 13.1. The van der Waals surface area contributed by atoms with Gasteiger partial charge in [0.1, 0.15) is 11.9 Å². The van der Waals surface area contributed by atoms with Crippen molar-refractivity contribution in [1.82, 2.24) is 14.5 Å². The van der Waals surface area contributed by atoms with E-state index in [1.54, 1.807) is 10.8 Å². The Morgan fingerprint density at radius 1 is 1.30 bits per heavy atom. The number of carbonyl (C=O) groups is 1. The molecule has 6 nitrogen and oxygen atoms in total. The van der Waals surface area contributed by atoms with Crippen LogP contribution in [0.3, 0.4) is 0 Å². The number of carbonyl (C=O) groups excluding carboxylic acids is 1. The molecular weight excluding hydrogens is 340 g/mol. The molecule has 1 amide bonds. The summed E-state index contributed by atoms with van der Waals surface area (Å²) in [6, 6.07) is 7.79. The van der Waals surface area contributed by atoms with Crippen molar-refractivity contribution in [2.24, 2.45) is 5.92 Å². The Kier molecular flexibility index (Phi) is 4.72. The number of amides is 1. The number of fused-ring (bicyclic) bond motifs is 1. The number of anilines is 2. The van der Waals surface area contributed by atoms with Gasteiger partial charge in [-0.15, -0.1) is 0 Å². The van der Waals surface area contributed by atoms with Gasteiger partial charge in [0.2, 0.25) is 5.91 Å². The maximum Gasteiger partial charge on any atom is 0.269 e. The van der Waals surface area contributed by atoms with Crippen molar-refractivity contribution in [3.8, 4) is 0 Å². The number of piperidine rings is 1.